The number of benzene rings is 1. The third kappa shape index (κ3) is 2.85. The molecule has 0 saturated heterocycles. The number of aromatic nitrogens is 2. The van der Waals surface area contributed by atoms with E-state index in [2.05, 4.69) is 28.7 Å². The Bertz CT molecular complexity index is 599. The molecule has 1 aliphatic carbocycles. The summed E-state index contributed by atoms with van der Waals surface area (Å²) in [6, 6.07) is 6.05. The smallest absolute Gasteiger partial charge is 0.125 e. The first-order chi connectivity index (χ1) is 9.65. The number of fused-ring (bicyclic) bond motifs is 1. The van der Waals surface area contributed by atoms with Gasteiger partial charge in [0.1, 0.15) is 11.6 Å². The second-order valence-electron chi connectivity index (χ2n) is 5.97. The summed E-state index contributed by atoms with van der Waals surface area (Å²) in [6.45, 7) is 5.31. The molecule has 0 atom stereocenters. The molecule has 1 heterocycles. The van der Waals surface area contributed by atoms with E-state index in [1.54, 1.807) is 6.07 Å². The van der Waals surface area contributed by atoms with Gasteiger partial charge in [0, 0.05) is 24.6 Å². The number of hydrogen-bond donors (Lipinski definition) is 1. The lowest BCUT2D eigenvalue weighted by Crippen LogP contribution is -2.24. The van der Waals surface area contributed by atoms with Gasteiger partial charge in [-0.2, -0.15) is 0 Å². The summed E-state index contributed by atoms with van der Waals surface area (Å²) in [6.07, 6.45) is 4.46. The zero-order valence-electron chi connectivity index (χ0n) is 12.2. The normalized spacial score (nSPS) is 15.4. The number of nitrogens with zero attached hydrogens (tertiary/aromatic N) is 2. The zero-order valence-corrected chi connectivity index (χ0v) is 12.2. The topological polar surface area (TPSA) is 29.9 Å². The maximum atomic E-state index is 13.3. The molecule has 108 valence electrons. The van der Waals surface area contributed by atoms with E-state index in [-0.39, 0.29) is 5.82 Å². The Hall–Kier alpha value is -1.42. The van der Waals surface area contributed by atoms with Crippen molar-refractivity contribution in [2.24, 2.45) is 0 Å². The lowest BCUT2D eigenvalue weighted by atomic mass is 10.2. The first kappa shape index (κ1) is 13.6. The summed E-state index contributed by atoms with van der Waals surface area (Å²) in [7, 11) is 0. The van der Waals surface area contributed by atoms with Crippen LogP contribution in [0.1, 0.15) is 45.0 Å². The van der Waals surface area contributed by atoms with E-state index < -0.39 is 0 Å². The highest BCUT2D eigenvalue weighted by Crippen LogP contribution is 2.38. The first-order valence-corrected chi connectivity index (χ1v) is 7.55. The van der Waals surface area contributed by atoms with Crippen molar-refractivity contribution in [3.8, 4) is 0 Å². The Morgan fingerprint density at radius 2 is 2.20 bits per heavy atom. The van der Waals surface area contributed by atoms with Crippen molar-refractivity contribution in [1.82, 2.24) is 14.9 Å². The monoisotopic (exact) mass is 275 g/mol. The number of nitrogens with one attached hydrogen (secondary N) is 1. The molecule has 0 aliphatic heterocycles. The maximum Gasteiger partial charge on any atom is 0.125 e. The molecule has 0 spiro atoms. The minimum atomic E-state index is -0.203. The number of halogens is 1. The summed E-state index contributed by atoms with van der Waals surface area (Å²) in [5.74, 6) is 0.907. The van der Waals surface area contributed by atoms with Gasteiger partial charge in [0.15, 0.2) is 0 Å². The Morgan fingerprint density at radius 3 is 2.90 bits per heavy atom. The van der Waals surface area contributed by atoms with Gasteiger partial charge in [-0.3, -0.25) is 0 Å². The van der Waals surface area contributed by atoms with Crippen LogP contribution in [0.25, 0.3) is 11.0 Å². The molecular formula is C16H22FN3. The third-order valence-corrected chi connectivity index (χ3v) is 3.77. The fraction of sp³-hybridized carbons (Fsp3) is 0.562. The molecule has 1 aromatic heterocycles. The van der Waals surface area contributed by atoms with Crippen molar-refractivity contribution in [1.29, 1.82) is 0 Å². The van der Waals surface area contributed by atoms with Gasteiger partial charge in [0.25, 0.3) is 0 Å². The van der Waals surface area contributed by atoms with Gasteiger partial charge in [0.2, 0.25) is 0 Å². The summed E-state index contributed by atoms with van der Waals surface area (Å²) in [4.78, 5) is 4.65. The Morgan fingerprint density at radius 1 is 1.40 bits per heavy atom. The van der Waals surface area contributed by atoms with E-state index in [1.807, 2.05) is 6.07 Å². The highest BCUT2D eigenvalue weighted by molar-refractivity contribution is 5.76. The molecule has 3 rings (SSSR count). The number of rotatable bonds is 6. The Kier molecular flexibility index (Phi) is 3.74. The SMILES string of the molecule is CC(C)NCCCc1nc2cc(F)ccc2n1C1CC1. The molecule has 0 bridgehead atoms. The number of hydrogen-bond acceptors (Lipinski definition) is 2. The molecule has 1 fully saturated rings. The van der Waals surface area contributed by atoms with Crippen molar-refractivity contribution in [2.45, 2.75) is 51.6 Å². The molecular weight excluding hydrogens is 253 g/mol. The van der Waals surface area contributed by atoms with Crippen molar-refractivity contribution < 1.29 is 4.39 Å². The van der Waals surface area contributed by atoms with E-state index in [1.165, 1.54) is 18.9 Å². The van der Waals surface area contributed by atoms with E-state index in [9.17, 15) is 4.39 Å². The Labute approximate surface area is 119 Å². The minimum Gasteiger partial charge on any atom is -0.325 e. The fourth-order valence-electron chi connectivity index (χ4n) is 2.68. The Balaban J connectivity index is 1.80. The van der Waals surface area contributed by atoms with Crippen molar-refractivity contribution in [3.63, 3.8) is 0 Å². The molecule has 4 heteroatoms. The van der Waals surface area contributed by atoms with Crippen molar-refractivity contribution in [2.75, 3.05) is 6.54 Å². The molecule has 0 radical (unpaired) electrons. The summed E-state index contributed by atoms with van der Waals surface area (Å²) >= 11 is 0. The highest BCUT2D eigenvalue weighted by Gasteiger charge is 2.27. The van der Waals surface area contributed by atoms with Crippen LogP contribution in [0.15, 0.2) is 18.2 Å². The maximum absolute atomic E-state index is 13.3. The molecule has 3 nitrogen and oxygen atoms in total. The average molecular weight is 275 g/mol. The van der Waals surface area contributed by atoms with E-state index in [0.29, 0.717) is 12.1 Å². The van der Waals surface area contributed by atoms with Crippen LogP contribution in [0.3, 0.4) is 0 Å². The lowest BCUT2D eigenvalue weighted by Gasteiger charge is -2.09. The van der Waals surface area contributed by atoms with Gasteiger partial charge < -0.3 is 9.88 Å². The molecule has 0 unspecified atom stereocenters. The van der Waals surface area contributed by atoms with Crippen LogP contribution in [0.2, 0.25) is 0 Å². The molecule has 20 heavy (non-hydrogen) atoms. The lowest BCUT2D eigenvalue weighted by molar-refractivity contribution is 0.559. The van der Waals surface area contributed by atoms with Gasteiger partial charge in [0.05, 0.1) is 11.0 Å². The van der Waals surface area contributed by atoms with Crippen LogP contribution in [-0.4, -0.2) is 22.1 Å². The summed E-state index contributed by atoms with van der Waals surface area (Å²) in [5.41, 5.74) is 1.88. The van der Waals surface area contributed by atoms with Crippen LogP contribution in [-0.2, 0) is 6.42 Å². The second-order valence-corrected chi connectivity index (χ2v) is 5.97. The largest absolute Gasteiger partial charge is 0.325 e. The van der Waals surface area contributed by atoms with Crippen molar-refractivity contribution in [3.05, 3.63) is 29.8 Å². The van der Waals surface area contributed by atoms with E-state index >= 15 is 0 Å². The van der Waals surface area contributed by atoms with Crippen LogP contribution < -0.4 is 5.32 Å². The van der Waals surface area contributed by atoms with Crippen LogP contribution >= 0.6 is 0 Å². The fourth-order valence-corrected chi connectivity index (χ4v) is 2.68. The van der Waals surface area contributed by atoms with E-state index in [0.717, 1.165) is 36.2 Å². The van der Waals surface area contributed by atoms with Gasteiger partial charge in [-0.05, 0) is 37.9 Å². The van der Waals surface area contributed by atoms with E-state index in [4.69, 9.17) is 0 Å². The molecule has 1 N–H and O–H groups in total. The van der Waals surface area contributed by atoms with Gasteiger partial charge in [-0.1, -0.05) is 13.8 Å². The minimum absolute atomic E-state index is 0.203. The first-order valence-electron chi connectivity index (χ1n) is 7.55. The van der Waals surface area contributed by atoms with Crippen LogP contribution in [0.5, 0.6) is 0 Å². The number of imidazole rings is 1. The predicted molar refractivity (Wildman–Crippen MR) is 79.4 cm³/mol. The standard InChI is InChI=1S/C16H22FN3/c1-11(2)18-9-3-4-16-19-14-10-12(17)5-8-15(14)20(16)13-6-7-13/h5,8,10-11,13,18H,3-4,6-7,9H2,1-2H3. The highest BCUT2D eigenvalue weighted by atomic mass is 19.1. The molecule has 2 aromatic rings. The predicted octanol–water partition coefficient (Wildman–Crippen LogP) is 3.44. The molecule has 1 aromatic carbocycles. The number of aryl methyl sites for hydroxylation is 1. The second kappa shape index (κ2) is 5.52. The van der Waals surface area contributed by atoms with Gasteiger partial charge >= 0.3 is 0 Å². The third-order valence-electron chi connectivity index (χ3n) is 3.77. The van der Waals surface area contributed by atoms with Gasteiger partial charge in [-0.25, -0.2) is 9.37 Å². The molecule has 1 aliphatic rings. The zero-order chi connectivity index (χ0) is 14.1. The summed E-state index contributed by atoms with van der Waals surface area (Å²) in [5, 5.41) is 3.43. The van der Waals surface area contributed by atoms with Crippen LogP contribution in [0, 0.1) is 5.82 Å². The van der Waals surface area contributed by atoms with Gasteiger partial charge in [-0.15, -0.1) is 0 Å². The molecule has 1 saturated carbocycles. The quantitative estimate of drug-likeness (QED) is 0.818. The van der Waals surface area contributed by atoms with Crippen molar-refractivity contribution >= 4 is 11.0 Å². The molecule has 0 amide bonds. The average Bonchev–Trinajstić information content (AvgIpc) is 3.16. The van der Waals surface area contributed by atoms with Crippen LogP contribution in [0.4, 0.5) is 4.39 Å². The summed E-state index contributed by atoms with van der Waals surface area (Å²) < 4.78 is 15.7.